The number of hydrogen-bond acceptors (Lipinski definition) is 2. The summed E-state index contributed by atoms with van der Waals surface area (Å²) in [7, 11) is 0. The van der Waals surface area contributed by atoms with Gasteiger partial charge in [0.1, 0.15) is 0 Å². The van der Waals surface area contributed by atoms with Crippen LogP contribution in [-0.4, -0.2) is 35.6 Å². The molecule has 0 aromatic rings. The average molecular weight is 277 g/mol. The maximum atomic E-state index is 13.1. The first-order valence-electron chi connectivity index (χ1n) is 8.26. The molecule has 1 heterocycles. The van der Waals surface area contributed by atoms with E-state index in [1.807, 2.05) is 4.90 Å². The average Bonchev–Trinajstić information content (AvgIpc) is 2.22. The Morgan fingerprint density at radius 1 is 1.10 bits per heavy atom. The van der Waals surface area contributed by atoms with Crippen LogP contribution in [0.3, 0.4) is 0 Å². The lowest BCUT2D eigenvalue weighted by molar-refractivity contribution is -0.185. The Kier molecular flexibility index (Phi) is 2.49. The topological polar surface area (TPSA) is 40.5 Å². The molecule has 5 fully saturated rings. The van der Waals surface area contributed by atoms with Gasteiger partial charge in [-0.15, -0.1) is 0 Å². The predicted octanol–water partition coefficient (Wildman–Crippen LogP) is 2.43. The second kappa shape index (κ2) is 3.79. The summed E-state index contributed by atoms with van der Waals surface area (Å²) < 4.78 is 0. The number of likely N-dealkylation sites (tertiary alicyclic amines) is 1. The predicted molar refractivity (Wildman–Crippen MR) is 77.0 cm³/mol. The van der Waals surface area contributed by atoms with Crippen molar-refractivity contribution < 1.29 is 9.90 Å². The lowest BCUT2D eigenvalue weighted by atomic mass is 9.40. The van der Waals surface area contributed by atoms with Crippen LogP contribution in [0.2, 0.25) is 0 Å². The lowest BCUT2D eigenvalue weighted by Gasteiger charge is -2.65. The molecule has 3 nitrogen and oxygen atoms in total. The molecule has 0 aromatic heterocycles. The summed E-state index contributed by atoms with van der Waals surface area (Å²) in [6.45, 7) is 6.65. The highest BCUT2D eigenvalue weighted by Crippen LogP contribution is 2.70. The molecule has 3 heteroatoms. The van der Waals surface area contributed by atoms with Crippen LogP contribution < -0.4 is 0 Å². The number of amides is 1. The monoisotopic (exact) mass is 277 g/mol. The minimum atomic E-state index is -0.0522. The molecular weight excluding hydrogens is 250 g/mol. The van der Waals surface area contributed by atoms with Crippen molar-refractivity contribution in [3.8, 4) is 0 Å². The Morgan fingerprint density at radius 3 is 2.20 bits per heavy atom. The highest BCUT2D eigenvalue weighted by Gasteiger charge is 2.63. The van der Waals surface area contributed by atoms with Crippen LogP contribution in [0.4, 0.5) is 0 Å². The van der Waals surface area contributed by atoms with Crippen LogP contribution in [0.1, 0.15) is 52.4 Å². The normalized spacial score (nSPS) is 50.4. The van der Waals surface area contributed by atoms with Crippen molar-refractivity contribution in [2.45, 2.75) is 52.4 Å². The third-order valence-electron chi connectivity index (χ3n) is 6.58. The maximum Gasteiger partial charge on any atom is 0.228 e. The molecule has 5 aliphatic rings. The zero-order valence-corrected chi connectivity index (χ0v) is 12.8. The molecule has 0 radical (unpaired) electrons. The molecule has 20 heavy (non-hydrogen) atoms. The van der Waals surface area contributed by atoms with Crippen LogP contribution in [0.25, 0.3) is 0 Å². The Morgan fingerprint density at radius 2 is 1.70 bits per heavy atom. The smallest absolute Gasteiger partial charge is 0.228 e. The van der Waals surface area contributed by atoms with E-state index in [9.17, 15) is 4.79 Å². The SMILES string of the molecule is CC12CC3CC(C)(C1)CC(C(=O)N1CC(CO)C1)(C3)C2. The van der Waals surface area contributed by atoms with Crippen molar-refractivity contribution in [1.29, 1.82) is 0 Å². The van der Waals surface area contributed by atoms with E-state index in [-0.39, 0.29) is 12.0 Å². The Bertz CT molecular complexity index is 436. The quantitative estimate of drug-likeness (QED) is 0.842. The third kappa shape index (κ3) is 1.71. The summed E-state index contributed by atoms with van der Waals surface area (Å²) in [6, 6.07) is 0. The van der Waals surface area contributed by atoms with E-state index in [2.05, 4.69) is 13.8 Å². The van der Waals surface area contributed by atoms with E-state index in [1.54, 1.807) is 0 Å². The van der Waals surface area contributed by atoms with Crippen LogP contribution in [0.5, 0.6) is 0 Å². The summed E-state index contributed by atoms with van der Waals surface area (Å²) >= 11 is 0. The fourth-order valence-corrected chi connectivity index (χ4v) is 6.87. The molecular formula is C17H27NO2. The number of carbonyl (C=O) groups excluding carboxylic acids is 1. The largest absolute Gasteiger partial charge is 0.396 e. The molecule has 1 aliphatic heterocycles. The summed E-state index contributed by atoms with van der Waals surface area (Å²) in [6.07, 6.45) is 7.38. The van der Waals surface area contributed by atoms with Crippen molar-refractivity contribution in [3.05, 3.63) is 0 Å². The van der Waals surface area contributed by atoms with Crippen molar-refractivity contribution in [1.82, 2.24) is 4.90 Å². The number of aliphatic hydroxyl groups is 1. The minimum absolute atomic E-state index is 0.0522. The Hall–Kier alpha value is -0.570. The minimum Gasteiger partial charge on any atom is -0.396 e. The molecule has 5 rings (SSSR count). The van der Waals surface area contributed by atoms with Gasteiger partial charge in [-0.25, -0.2) is 0 Å². The fourth-order valence-electron chi connectivity index (χ4n) is 6.87. The maximum absolute atomic E-state index is 13.1. The number of nitrogens with zero attached hydrogens (tertiary/aromatic N) is 1. The van der Waals surface area contributed by atoms with Gasteiger partial charge in [-0.05, 0) is 55.3 Å². The Balaban J connectivity index is 1.59. The van der Waals surface area contributed by atoms with Crippen molar-refractivity contribution in [2.24, 2.45) is 28.1 Å². The summed E-state index contributed by atoms with van der Waals surface area (Å²) in [4.78, 5) is 15.1. The molecule has 2 atom stereocenters. The van der Waals surface area contributed by atoms with Gasteiger partial charge < -0.3 is 10.0 Å². The molecule has 4 bridgehead atoms. The van der Waals surface area contributed by atoms with Gasteiger partial charge in [0.15, 0.2) is 0 Å². The first-order valence-corrected chi connectivity index (χ1v) is 8.26. The lowest BCUT2D eigenvalue weighted by Crippen LogP contribution is -2.63. The van der Waals surface area contributed by atoms with Crippen LogP contribution in [0, 0.1) is 28.1 Å². The molecule has 112 valence electrons. The van der Waals surface area contributed by atoms with E-state index >= 15 is 0 Å². The van der Waals surface area contributed by atoms with E-state index in [0.717, 1.165) is 38.3 Å². The van der Waals surface area contributed by atoms with Crippen LogP contribution in [-0.2, 0) is 4.79 Å². The van der Waals surface area contributed by atoms with Crippen LogP contribution >= 0.6 is 0 Å². The third-order valence-corrected chi connectivity index (χ3v) is 6.58. The molecule has 0 aromatic carbocycles. The second-order valence-electron chi connectivity index (χ2n) is 9.17. The molecule has 1 saturated heterocycles. The molecule has 4 aliphatic carbocycles. The molecule has 0 spiro atoms. The van der Waals surface area contributed by atoms with Gasteiger partial charge in [-0.1, -0.05) is 13.8 Å². The van der Waals surface area contributed by atoms with Crippen LogP contribution in [0.15, 0.2) is 0 Å². The Labute approximate surface area is 121 Å². The summed E-state index contributed by atoms with van der Waals surface area (Å²) in [5.41, 5.74) is 0.763. The highest BCUT2D eigenvalue weighted by molar-refractivity contribution is 5.84. The van der Waals surface area contributed by atoms with E-state index < -0.39 is 0 Å². The first kappa shape index (κ1) is 13.1. The molecule has 4 saturated carbocycles. The fraction of sp³-hybridized carbons (Fsp3) is 0.941. The van der Waals surface area contributed by atoms with Crippen molar-refractivity contribution >= 4 is 5.91 Å². The summed E-state index contributed by atoms with van der Waals surface area (Å²) in [5.74, 6) is 1.53. The highest BCUT2D eigenvalue weighted by atomic mass is 16.3. The van der Waals surface area contributed by atoms with E-state index in [1.165, 1.54) is 19.3 Å². The van der Waals surface area contributed by atoms with Crippen molar-refractivity contribution in [3.63, 3.8) is 0 Å². The van der Waals surface area contributed by atoms with E-state index in [4.69, 9.17) is 5.11 Å². The van der Waals surface area contributed by atoms with Gasteiger partial charge in [-0.3, -0.25) is 4.79 Å². The molecule has 1 N–H and O–H groups in total. The van der Waals surface area contributed by atoms with Gasteiger partial charge in [0.2, 0.25) is 5.91 Å². The van der Waals surface area contributed by atoms with Gasteiger partial charge >= 0.3 is 0 Å². The first-order chi connectivity index (χ1) is 9.35. The molecule has 2 unspecified atom stereocenters. The second-order valence-corrected chi connectivity index (χ2v) is 9.17. The zero-order chi connectivity index (χ0) is 14.2. The summed E-state index contributed by atoms with van der Waals surface area (Å²) in [5, 5.41) is 9.16. The van der Waals surface area contributed by atoms with Crippen molar-refractivity contribution in [2.75, 3.05) is 19.7 Å². The number of rotatable bonds is 2. The van der Waals surface area contributed by atoms with Gasteiger partial charge in [0, 0.05) is 25.6 Å². The van der Waals surface area contributed by atoms with Gasteiger partial charge in [-0.2, -0.15) is 0 Å². The van der Waals surface area contributed by atoms with Gasteiger partial charge in [0.05, 0.1) is 5.41 Å². The van der Waals surface area contributed by atoms with E-state index in [0.29, 0.717) is 22.7 Å². The zero-order valence-electron chi connectivity index (χ0n) is 12.8. The number of hydrogen-bond donors (Lipinski definition) is 1. The standard InChI is InChI=1S/C17H27NO2/c1-15-3-12-4-16(2,9-15)11-17(5-12,10-15)14(20)18-6-13(7-18)8-19/h12-13,19H,3-11H2,1-2H3. The number of aliphatic hydroxyl groups excluding tert-OH is 1. The van der Waals surface area contributed by atoms with Gasteiger partial charge in [0.25, 0.3) is 0 Å². The molecule has 1 amide bonds. The number of carbonyl (C=O) groups is 1.